The first-order valence-corrected chi connectivity index (χ1v) is 8.94. The standard InChI is InChI=1S/C20H26O6/c1-6-10(2)18(22)25-15-9-20(5)16(26-20)8-13(21)11(3)7-14-17(15)12(4)19(23)24-14/h6-7,13-17,21H,4,8-9H2,1-3,5H3/b10-6-,11-7-/t13-,14-,15+,16+,17+,20-/m1/s1. The van der Waals surface area contributed by atoms with E-state index in [2.05, 4.69) is 6.58 Å². The van der Waals surface area contributed by atoms with Crippen LogP contribution in [0, 0.1) is 5.92 Å². The maximum Gasteiger partial charge on any atom is 0.334 e. The highest BCUT2D eigenvalue weighted by molar-refractivity contribution is 5.92. The van der Waals surface area contributed by atoms with Crippen LogP contribution < -0.4 is 0 Å². The molecule has 3 aliphatic rings. The lowest BCUT2D eigenvalue weighted by Gasteiger charge is -2.29. The molecule has 2 heterocycles. The van der Waals surface area contributed by atoms with Gasteiger partial charge in [0.05, 0.1) is 23.7 Å². The summed E-state index contributed by atoms with van der Waals surface area (Å²) in [5.74, 6) is -1.43. The van der Waals surface area contributed by atoms with Gasteiger partial charge in [-0.05, 0) is 39.3 Å². The van der Waals surface area contributed by atoms with E-state index in [0.717, 1.165) is 0 Å². The Labute approximate surface area is 153 Å². The second-order valence-electron chi connectivity index (χ2n) is 7.62. The molecule has 6 heteroatoms. The summed E-state index contributed by atoms with van der Waals surface area (Å²) in [6.07, 6.45) is 2.29. The van der Waals surface area contributed by atoms with E-state index >= 15 is 0 Å². The van der Waals surface area contributed by atoms with Crippen molar-refractivity contribution in [2.45, 2.75) is 70.6 Å². The Balaban J connectivity index is 1.98. The Hall–Kier alpha value is -1.92. The van der Waals surface area contributed by atoms with Crippen molar-refractivity contribution in [1.82, 2.24) is 0 Å². The van der Waals surface area contributed by atoms with Crippen molar-refractivity contribution < 1.29 is 28.9 Å². The number of ether oxygens (including phenoxy) is 3. The molecule has 2 aliphatic heterocycles. The fraction of sp³-hybridized carbons (Fsp3) is 0.600. The lowest BCUT2D eigenvalue weighted by molar-refractivity contribution is -0.148. The number of hydrogen-bond donors (Lipinski definition) is 1. The van der Waals surface area contributed by atoms with Gasteiger partial charge >= 0.3 is 11.9 Å². The van der Waals surface area contributed by atoms with Crippen LogP contribution in [0.2, 0.25) is 0 Å². The first-order valence-electron chi connectivity index (χ1n) is 8.94. The largest absolute Gasteiger partial charge is 0.458 e. The highest BCUT2D eigenvalue weighted by Gasteiger charge is 2.57. The van der Waals surface area contributed by atoms with E-state index < -0.39 is 41.8 Å². The Morgan fingerprint density at radius 1 is 1.50 bits per heavy atom. The van der Waals surface area contributed by atoms with Gasteiger partial charge in [-0.25, -0.2) is 9.59 Å². The van der Waals surface area contributed by atoms with E-state index in [1.165, 1.54) is 0 Å². The van der Waals surface area contributed by atoms with Crippen LogP contribution in [0.5, 0.6) is 0 Å². The van der Waals surface area contributed by atoms with Crippen LogP contribution in [-0.2, 0) is 23.8 Å². The zero-order chi connectivity index (χ0) is 19.2. The normalized spacial score (nSPS) is 42.1. The summed E-state index contributed by atoms with van der Waals surface area (Å²) in [6.45, 7) is 11.0. The van der Waals surface area contributed by atoms with Crippen molar-refractivity contribution >= 4 is 11.9 Å². The topological polar surface area (TPSA) is 85.4 Å². The minimum absolute atomic E-state index is 0.118. The third-order valence-corrected chi connectivity index (χ3v) is 5.71. The smallest absolute Gasteiger partial charge is 0.334 e. The average Bonchev–Trinajstić information content (AvgIpc) is 3.11. The fourth-order valence-electron chi connectivity index (χ4n) is 3.70. The van der Waals surface area contributed by atoms with Gasteiger partial charge in [0, 0.05) is 24.0 Å². The zero-order valence-corrected chi connectivity index (χ0v) is 15.7. The zero-order valence-electron chi connectivity index (χ0n) is 15.7. The van der Waals surface area contributed by atoms with Gasteiger partial charge in [-0.15, -0.1) is 0 Å². The molecule has 142 valence electrons. The van der Waals surface area contributed by atoms with Crippen LogP contribution in [-0.4, -0.2) is 47.1 Å². The van der Waals surface area contributed by atoms with Gasteiger partial charge in [-0.2, -0.15) is 0 Å². The maximum absolute atomic E-state index is 12.4. The monoisotopic (exact) mass is 362 g/mol. The number of allylic oxidation sites excluding steroid dienone is 1. The number of rotatable bonds is 2. The minimum atomic E-state index is -0.667. The fourth-order valence-corrected chi connectivity index (χ4v) is 3.70. The number of aliphatic hydroxyl groups excluding tert-OH is 1. The van der Waals surface area contributed by atoms with Gasteiger partial charge < -0.3 is 19.3 Å². The molecule has 0 spiro atoms. The predicted molar refractivity (Wildman–Crippen MR) is 94.1 cm³/mol. The first-order chi connectivity index (χ1) is 12.2. The summed E-state index contributed by atoms with van der Waals surface area (Å²) in [7, 11) is 0. The van der Waals surface area contributed by atoms with Gasteiger partial charge in [-0.3, -0.25) is 0 Å². The average molecular weight is 362 g/mol. The van der Waals surface area contributed by atoms with E-state index in [4.69, 9.17) is 14.2 Å². The van der Waals surface area contributed by atoms with Crippen molar-refractivity contribution in [2.24, 2.45) is 5.92 Å². The quantitative estimate of drug-likeness (QED) is 0.351. The van der Waals surface area contributed by atoms with Crippen LogP contribution in [0.25, 0.3) is 0 Å². The van der Waals surface area contributed by atoms with Crippen molar-refractivity contribution in [1.29, 1.82) is 0 Å². The number of carbonyl (C=O) groups excluding carboxylic acids is 2. The molecule has 0 saturated carbocycles. The van der Waals surface area contributed by atoms with E-state index in [-0.39, 0.29) is 11.7 Å². The van der Waals surface area contributed by atoms with Crippen LogP contribution >= 0.6 is 0 Å². The highest BCUT2D eigenvalue weighted by Crippen LogP contribution is 2.47. The van der Waals surface area contributed by atoms with Gasteiger partial charge in [0.1, 0.15) is 12.2 Å². The third-order valence-electron chi connectivity index (χ3n) is 5.71. The van der Waals surface area contributed by atoms with Crippen LogP contribution in [0.4, 0.5) is 0 Å². The highest BCUT2D eigenvalue weighted by atomic mass is 16.6. The van der Waals surface area contributed by atoms with Crippen LogP contribution in [0.3, 0.4) is 0 Å². The van der Waals surface area contributed by atoms with Crippen LogP contribution in [0.15, 0.2) is 35.5 Å². The molecule has 1 aliphatic carbocycles. The number of esters is 2. The molecule has 2 fully saturated rings. The molecule has 26 heavy (non-hydrogen) atoms. The number of fused-ring (bicyclic) bond motifs is 2. The summed E-state index contributed by atoms with van der Waals surface area (Å²) in [6, 6.07) is 0. The second-order valence-corrected chi connectivity index (χ2v) is 7.62. The van der Waals surface area contributed by atoms with Gasteiger partial charge in [0.25, 0.3) is 0 Å². The summed E-state index contributed by atoms with van der Waals surface area (Å²) >= 11 is 0. The summed E-state index contributed by atoms with van der Waals surface area (Å²) in [4.78, 5) is 24.5. The molecule has 3 rings (SSSR count). The lowest BCUT2D eigenvalue weighted by Crippen LogP contribution is -2.37. The van der Waals surface area contributed by atoms with Crippen molar-refractivity contribution in [3.05, 3.63) is 35.5 Å². The van der Waals surface area contributed by atoms with E-state index in [1.807, 2.05) is 6.92 Å². The van der Waals surface area contributed by atoms with E-state index in [0.29, 0.717) is 24.0 Å². The molecule has 0 bridgehead atoms. The Kier molecular flexibility index (Phi) is 4.84. The summed E-state index contributed by atoms with van der Waals surface area (Å²) in [5, 5.41) is 10.4. The van der Waals surface area contributed by atoms with Crippen molar-refractivity contribution in [3.8, 4) is 0 Å². The molecule has 0 aromatic carbocycles. The molecule has 0 aromatic heterocycles. The first kappa shape index (κ1) is 18.9. The molecular formula is C20H26O6. The third kappa shape index (κ3) is 3.35. The van der Waals surface area contributed by atoms with E-state index in [9.17, 15) is 14.7 Å². The molecule has 2 saturated heterocycles. The number of epoxide rings is 1. The van der Waals surface area contributed by atoms with Gasteiger partial charge in [0.2, 0.25) is 0 Å². The maximum atomic E-state index is 12.4. The van der Waals surface area contributed by atoms with Gasteiger partial charge in [0.15, 0.2) is 0 Å². The number of hydrogen-bond acceptors (Lipinski definition) is 6. The molecule has 0 amide bonds. The Morgan fingerprint density at radius 2 is 2.19 bits per heavy atom. The Morgan fingerprint density at radius 3 is 2.85 bits per heavy atom. The lowest BCUT2D eigenvalue weighted by atomic mass is 9.82. The molecule has 6 atom stereocenters. The molecule has 6 nitrogen and oxygen atoms in total. The SMILES string of the molecule is C=C1C(=O)O[C@@H]2/C=C(/C)[C@H](O)C[C@@H]3O[C@]3(C)C[C@H](OC(=O)/C(C)=C\C)[C@@H]12. The van der Waals surface area contributed by atoms with Crippen LogP contribution in [0.1, 0.15) is 40.5 Å². The van der Waals surface area contributed by atoms with Gasteiger partial charge in [-0.1, -0.05) is 12.7 Å². The minimum Gasteiger partial charge on any atom is -0.458 e. The molecule has 1 N–H and O–H groups in total. The molecule has 0 radical (unpaired) electrons. The second kappa shape index (κ2) is 6.67. The predicted octanol–water partition coefficient (Wildman–Crippen LogP) is 2.22. The summed E-state index contributed by atoms with van der Waals surface area (Å²) in [5.41, 5.74) is 0.974. The van der Waals surface area contributed by atoms with E-state index in [1.54, 1.807) is 32.9 Å². The molecule has 0 unspecified atom stereocenters. The molecular weight excluding hydrogens is 336 g/mol. The van der Waals surface area contributed by atoms with Crippen molar-refractivity contribution in [2.75, 3.05) is 0 Å². The summed E-state index contributed by atoms with van der Waals surface area (Å²) < 4.78 is 17.0. The number of carbonyl (C=O) groups is 2. The van der Waals surface area contributed by atoms with Crippen molar-refractivity contribution in [3.63, 3.8) is 0 Å². The Bertz CT molecular complexity index is 705. The molecule has 0 aromatic rings. The number of aliphatic hydroxyl groups is 1.